The highest BCUT2D eigenvalue weighted by Crippen LogP contribution is 2.46. The number of fused-ring (bicyclic) bond motifs is 2. The summed E-state index contributed by atoms with van der Waals surface area (Å²) < 4.78 is 43.9. The van der Waals surface area contributed by atoms with Crippen LogP contribution < -0.4 is 9.47 Å². The molecule has 1 aliphatic heterocycles. The van der Waals surface area contributed by atoms with Crippen molar-refractivity contribution in [2.45, 2.75) is 42.9 Å². The van der Waals surface area contributed by atoms with Gasteiger partial charge in [-0.25, -0.2) is 18.2 Å². The number of hydrogen-bond acceptors (Lipinski definition) is 8. The van der Waals surface area contributed by atoms with Crippen LogP contribution in [0.25, 0.3) is 11.3 Å². The van der Waals surface area contributed by atoms with Crippen LogP contribution in [0.1, 0.15) is 51.6 Å². The molecule has 0 atom stereocenters. The molecular formula is C27H21ClN2O7S. The Morgan fingerprint density at radius 1 is 1.21 bits per heavy atom. The Morgan fingerprint density at radius 2 is 2.03 bits per heavy atom. The first-order valence-electron chi connectivity index (χ1n) is 11.8. The molecule has 0 unspecified atom stereocenters. The fourth-order valence-corrected chi connectivity index (χ4v) is 6.26. The number of carboxylic acid groups (broad SMARTS) is 1. The minimum absolute atomic E-state index is 0.0192. The zero-order valence-electron chi connectivity index (χ0n) is 20.1. The first-order chi connectivity index (χ1) is 18.2. The standard InChI is InChI=1S/C27H21ClN2O7S/c1-14-3-2-4-20(28)23(14)24-19(25(37-30-24)15-5-6-15)12-35-18-10-22-26(29-11-18)36-21-9-16(27(31)32)7-8-17(21)13-38(22,33)34/h2-4,7-11,15H,5-6,12-13H2,1H3,(H,31,32). The van der Waals surface area contributed by atoms with Crippen molar-refractivity contribution >= 4 is 27.4 Å². The van der Waals surface area contributed by atoms with Crippen molar-refractivity contribution in [1.29, 1.82) is 0 Å². The average molecular weight is 553 g/mol. The molecule has 0 saturated heterocycles. The minimum atomic E-state index is -3.86. The maximum Gasteiger partial charge on any atom is 0.335 e. The molecule has 4 aromatic rings. The molecule has 1 N–H and O–H groups in total. The van der Waals surface area contributed by atoms with Gasteiger partial charge in [-0.3, -0.25) is 0 Å². The lowest BCUT2D eigenvalue weighted by Gasteiger charge is -2.12. The molecule has 6 rings (SSSR count). The van der Waals surface area contributed by atoms with E-state index in [4.69, 9.17) is 25.6 Å². The van der Waals surface area contributed by atoms with Gasteiger partial charge in [-0.2, -0.15) is 0 Å². The van der Waals surface area contributed by atoms with Gasteiger partial charge in [0.05, 0.1) is 28.1 Å². The second kappa shape index (κ2) is 9.14. The number of sulfone groups is 1. The first kappa shape index (κ1) is 24.4. The summed E-state index contributed by atoms with van der Waals surface area (Å²) in [7, 11) is -3.86. The number of nitrogens with zero attached hydrogens (tertiary/aromatic N) is 2. The highest BCUT2D eigenvalue weighted by atomic mass is 35.5. The number of pyridine rings is 1. The van der Waals surface area contributed by atoms with E-state index in [-0.39, 0.29) is 46.1 Å². The van der Waals surface area contributed by atoms with Gasteiger partial charge in [0.2, 0.25) is 5.88 Å². The van der Waals surface area contributed by atoms with E-state index in [1.165, 1.54) is 30.5 Å². The molecule has 0 spiro atoms. The van der Waals surface area contributed by atoms with Gasteiger partial charge in [0.15, 0.2) is 9.84 Å². The molecule has 11 heteroatoms. The molecule has 2 aromatic heterocycles. The number of carbonyl (C=O) groups is 1. The molecule has 2 aliphatic rings. The van der Waals surface area contributed by atoms with Gasteiger partial charge in [-0.05, 0) is 43.5 Å². The summed E-state index contributed by atoms with van der Waals surface area (Å²) in [5, 5.41) is 14.1. The van der Waals surface area contributed by atoms with E-state index in [0.29, 0.717) is 16.3 Å². The predicted octanol–water partition coefficient (Wildman–Crippen LogP) is 5.93. The van der Waals surface area contributed by atoms with E-state index in [9.17, 15) is 18.3 Å². The van der Waals surface area contributed by atoms with Crippen LogP contribution in [0.3, 0.4) is 0 Å². The quantitative estimate of drug-likeness (QED) is 0.309. The third-order valence-electron chi connectivity index (χ3n) is 6.60. The molecule has 1 aliphatic carbocycles. The molecule has 0 radical (unpaired) electrons. The van der Waals surface area contributed by atoms with Crippen molar-refractivity contribution in [3.05, 3.63) is 81.7 Å². The minimum Gasteiger partial charge on any atom is -0.487 e. The van der Waals surface area contributed by atoms with Crippen LogP contribution in [-0.2, 0) is 22.2 Å². The Morgan fingerprint density at radius 3 is 2.76 bits per heavy atom. The monoisotopic (exact) mass is 552 g/mol. The number of rotatable bonds is 6. The van der Waals surface area contributed by atoms with Crippen LogP contribution in [0.2, 0.25) is 5.02 Å². The smallest absolute Gasteiger partial charge is 0.335 e. The number of aromatic carboxylic acids is 1. The van der Waals surface area contributed by atoms with Gasteiger partial charge in [-0.1, -0.05) is 35.0 Å². The lowest BCUT2D eigenvalue weighted by molar-refractivity contribution is 0.0696. The molecule has 9 nitrogen and oxygen atoms in total. The summed E-state index contributed by atoms with van der Waals surface area (Å²) in [6, 6.07) is 11.0. The van der Waals surface area contributed by atoms with Gasteiger partial charge >= 0.3 is 5.97 Å². The lowest BCUT2D eigenvalue weighted by atomic mass is 10.0. The van der Waals surface area contributed by atoms with E-state index >= 15 is 0 Å². The van der Waals surface area contributed by atoms with Crippen molar-refractivity contribution in [1.82, 2.24) is 10.1 Å². The SMILES string of the molecule is Cc1cccc(Cl)c1-c1noc(C2CC2)c1COc1cnc2c(c1)S(=O)(=O)Cc1ccc(C(=O)O)cc1O2. The van der Waals surface area contributed by atoms with Crippen LogP contribution in [-0.4, -0.2) is 29.6 Å². The largest absolute Gasteiger partial charge is 0.487 e. The number of halogens is 1. The van der Waals surface area contributed by atoms with E-state index < -0.39 is 15.8 Å². The van der Waals surface area contributed by atoms with Crippen molar-refractivity contribution in [2.75, 3.05) is 0 Å². The molecule has 2 aromatic carbocycles. The molecule has 3 heterocycles. The number of benzene rings is 2. The van der Waals surface area contributed by atoms with E-state index in [2.05, 4.69) is 10.1 Å². The first-order valence-corrected chi connectivity index (χ1v) is 13.9. The fourth-order valence-electron chi connectivity index (χ4n) is 4.49. The van der Waals surface area contributed by atoms with E-state index in [1.807, 2.05) is 19.1 Å². The maximum atomic E-state index is 13.2. The van der Waals surface area contributed by atoms with Crippen LogP contribution in [0.5, 0.6) is 17.4 Å². The topological polar surface area (TPSA) is 129 Å². The van der Waals surface area contributed by atoms with Gasteiger partial charge < -0.3 is 19.1 Å². The highest BCUT2D eigenvalue weighted by molar-refractivity contribution is 7.90. The second-order valence-electron chi connectivity index (χ2n) is 9.33. The van der Waals surface area contributed by atoms with Crippen molar-refractivity contribution in [2.24, 2.45) is 0 Å². The molecular weight excluding hydrogens is 532 g/mol. The fraction of sp³-hybridized carbons (Fsp3) is 0.222. The predicted molar refractivity (Wildman–Crippen MR) is 137 cm³/mol. The summed E-state index contributed by atoms with van der Waals surface area (Å²) in [5.74, 6) is -0.313. The average Bonchev–Trinajstić information content (AvgIpc) is 3.65. The summed E-state index contributed by atoms with van der Waals surface area (Å²) in [6.45, 7) is 2.01. The van der Waals surface area contributed by atoms with Gasteiger partial charge in [0.1, 0.15) is 34.5 Å². The van der Waals surface area contributed by atoms with Crippen molar-refractivity contribution < 1.29 is 32.3 Å². The molecule has 1 saturated carbocycles. The Hall–Kier alpha value is -3.89. The third-order valence-corrected chi connectivity index (χ3v) is 8.57. The Kier molecular flexibility index (Phi) is 5.88. The van der Waals surface area contributed by atoms with Crippen molar-refractivity contribution in [3.8, 4) is 28.6 Å². The summed E-state index contributed by atoms with van der Waals surface area (Å²) in [6.07, 6.45) is 3.34. The van der Waals surface area contributed by atoms with Gasteiger partial charge in [-0.15, -0.1) is 0 Å². The zero-order valence-corrected chi connectivity index (χ0v) is 21.7. The number of carboxylic acids is 1. The number of aromatic nitrogens is 2. The Bertz CT molecular complexity index is 1690. The summed E-state index contributed by atoms with van der Waals surface area (Å²) in [4.78, 5) is 15.4. The number of hydrogen-bond donors (Lipinski definition) is 1. The van der Waals surface area contributed by atoms with Crippen LogP contribution >= 0.6 is 11.6 Å². The molecule has 1 fully saturated rings. The molecule has 38 heavy (non-hydrogen) atoms. The van der Waals surface area contributed by atoms with Crippen LogP contribution in [0.15, 0.2) is 58.1 Å². The van der Waals surface area contributed by atoms with Gasteiger partial charge in [0, 0.05) is 23.1 Å². The van der Waals surface area contributed by atoms with E-state index in [0.717, 1.165) is 35.3 Å². The zero-order chi connectivity index (χ0) is 26.6. The van der Waals surface area contributed by atoms with Crippen LogP contribution in [0, 0.1) is 6.92 Å². The molecule has 0 bridgehead atoms. The van der Waals surface area contributed by atoms with Gasteiger partial charge in [0.25, 0.3) is 0 Å². The third kappa shape index (κ3) is 4.39. The Labute approximate surface area is 222 Å². The molecule has 194 valence electrons. The Balaban J connectivity index is 1.33. The van der Waals surface area contributed by atoms with Crippen molar-refractivity contribution in [3.63, 3.8) is 0 Å². The summed E-state index contributed by atoms with van der Waals surface area (Å²) in [5.41, 5.74) is 3.38. The van der Waals surface area contributed by atoms with Crippen LogP contribution in [0.4, 0.5) is 0 Å². The summed E-state index contributed by atoms with van der Waals surface area (Å²) >= 11 is 6.50. The van der Waals surface area contributed by atoms with E-state index in [1.54, 1.807) is 6.07 Å². The number of aryl methyl sites for hydroxylation is 1. The molecule has 0 amide bonds. The second-order valence-corrected chi connectivity index (χ2v) is 11.7. The normalized spacial score (nSPS) is 15.6. The highest BCUT2D eigenvalue weighted by Gasteiger charge is 2.34. The lowest BCUT2D eigenvalue weighted by Crippen LogP contribution is -2.06. The maximum absolute atomic E-state index is 13.2. The number of ether oxygens (including phenoxy) is 2.